The third-order valence-corrected chi connectivity index (χ3v) is 6.34. The lowest BCUT2D eigenvalue weighted by atomic mass is 9.82. The lowest BCUT2D eigenvalue weighted by Crippen LogP contribution is -2.35. The van der Waals surface area contributed by atoms with E-state index in [4.69, 9.17) is 21.1 Å². The van der Waals surface area contributed by atoms with Crippen molar-refractivity contribution in [1.29, 1.82) is 0 Å². The fourth-order valence-electron chi connectivity index (χ4n) is 4.10. The topological polar surface area (TPSA) is 80.8 Å². The smallest absolute Gasteiger partial charge is 0.357 e. The van der Waals surface area contributed by atoms with Crippen molar-refractivity contribution in [2.75, 3.05) is 20.3 Å². The SMILES string of the molecule is CCCCC1NC(C(=O)OCC)=C(Cl)N1C.CCOC(=O)C1(c2ccccn2)CCCC1. The summed E-state index contributed by atoms with van der Waals surface area (Å²) in [6.07, 6.45) is 8.92. The van der Waals surface area contributed by atoms with Crippen LogP contribution >= 0.6 is 11.6 Å². The number of carbonyl (C=O) groups is 2. The molecule has 0 saturated heterocycles. The van der Waals surface area contributed by atoms with Gasteiger partial charge in [0.2, 0.25) is 0 Å². The number of nitrogens with one attached hydrogen (secondary N) is 1. The molecule has 3 rings (SSSR count). The molecule has 1 aromatic heterocycles. The first kappa shape index (κ1) is 26.0. The number of carbonyl (C=O) groups excluding carboxylic acids is 2. The molecule has 7 nitrogen and oxygen atoms in total. The summed E-state index contributed by atoms with van der Waals surface area (Å²) in [6.45, 7) is 6.56. The number of hydrogen-bond donors (Lipinski definition) is 1. The molecule has 2 heterocycles. The minimum atomic E-state index is -0.475. The van der Waals surface area contributed by atoms with Gasteiger partial charge in [0, 0.05) is 13.2 Å². The largest absolute Gasteiger partial charge is 0.465 e. The van der Waals surface area contributed by atoms with Gasteiger partial charge in [-0.25, -0.2) is 4.79 Å². The first-order chi connectivity index (χ1) is 15.4. The van der Waals surface area contributed by atoms with Crippen LogP contribution in [0.25, 0.3) is 0 Å². The number of pyridine rings is 1. The van der Waals surface area contributed by atoms with E-state index in [-0.39, 0.29) is 18.1 Å². The monoisotopic (exact) mass is 465 g/mol. The van der Waals surface area contributed by atoms with Gasteiger partial charge in [-0.15, -0.1) is 0 Å². The highest BCUT2D eigenvalue weighted by Gasteiger charge is 2.45. The van der Waals surface area contributed by atoms with E-state index in [0.29, 0.717) is 24.1 Å². The Kier molecular flexibility index (Phi) is 10.3. The molecule has 1 aliphatic carbocycles. The van der Waals surface area contributed by atoms with Crippen molar-refractivity contribution >= 4 is 23.5 Å². The molecule has 1 unspecified atom stereocenters. The van der Waals surface area contributed by atoms with Crippen molar-refractivity contribution < 1.29 is 19.1 Å². The average Bonchev–Trinajstić information content (AvgIpc) is 3.41. The van der Waals surface area contributed by atoms with Crippen LogP contribution in [0.4, 0.5) is 0 Å². The highest BCUT2D eigenvalue weighted by Crippen LogP contribution is 2.41. The summed E-state index contributed by atoms with van der Waals surface area (Å²) in [5.41, 5.74) is 0.773. The van der Waals surface area contributed by atoms with Crippen LogP contribution in [-0.4, -0.2) is 48.2 Å². The summed E-state index contributed by atoms with van der Waals surface area (Å²) >= 11 is 6.08. The maximum absolute atomic E-state index is 12.1. The van der Waals surface area contributed by atoms with Gasteiger partial charge in [-0.2, -0.15) is 0 Å². The molecule has 1 aromatic rings. The van der Waals surface area contributed by atoms with Crippen LogP contribution < -0.4 is 5.32 Å². The predicted octanol–water partition coefficient (Wildman–Crippen LogP) is 4.47. The third kappa shape index (κ3) is 6.15. The van der Waals surface area contributed by atoms with Gasteiger partial charge in [-0.05, 0) is 51.7 Å². The Bertz CT molecular complexity index is 779. The van der Waals surface area contributed by atoms with Crippen LogP contribution in [0, 0.1) is 0 Å². The molecule has 0 bridgehead atoms. The number of rotatable bonds is 8. The molecule has 178 valence electrons. The molecule has 0 spiro atoms. The summed E-state index contributed by atoms with van der Waals surface area (Å²) in [5, 5.41) is 3.55. The van der Waals surface area contributed by atoms with E-state index in [1.807, 2.05) is 37.1 Å². The van der Waals surface area contributed by atoms with Crippen LogP contribution in [0.1, 0.15) is 71.4 Å². The Hall–Kier alpha value is -2.28. The molecule has 2 aliphatic rings. The summed E-state index contributed by atoms with van der Waals surface area (Å²) in [5.74, 6) is -0.482. The standard InChI is InChI=1S/C13H17NO2.C11H19ClN2O2/c1-2-16-12(15)13(8-4-5-9-13)11-7-3-6-10-14-11;1-4-6-7-8-13-9(10(12)14(8)3)11(15)16-5-2/h3,6-7,10H,2,4-5,8-9H2,1H3;8,13H,4-7H2,1-3H3. The first-order valence-electron chi connectivity index (χ1n) is 11.6. The Morgan fingerprint density at radius 3 is 2.44 bits per heavy atom. The summed E-state index contributed by atoms with van der Waals surface area (Å²) in [6, 6.07) is 5.74. The molecular weight excluding hydrogens is 430 g/mol. The van der Waals surface area contributed by atoms with Crippen LogP contribution in [0.3, 0.4) is 0 Å². The van der Waals surface area contributed by atoms with Gasteiger partial charge in [0.25, 0.3) is 0 Å². The third-order valence-electron chi connectivity index (χ3n) is 5.88. The van der Waals surface area contributed by atoms with Gasteiger partial charge >= 0.3 is 11.9 Å². The molecular formula is C24H36ClN3O4. The molecule has 0 amide bonds. The van der Waals surface area contributed by atoms with Gasteiger partial charge in [0.05, 0.1) is 25.1 Å². The van der Waals surface area contributed by atoms with Crippen molar-refractivity contribution in [2.45, 2.75) is 77.3 Å². The van der Waals surface area contributed by atoms with Crippen LogP contribution in [0.15, 0.2) is 35.2 Å². The molecule has 32 heavy (non-hydrogen) atoms. The number of nitrogens with zero attached hydrogens (tertiary/aromatic N) is 2. The molecule has 0 aromatic carbocycles. The number of halogens is 1. The Morgan fingerprint density at radius 1 is 1.19 bits per heavy atom. The van der Waals surface area contributed by atoms with Crippen molar-refractivity contribution in [3.05, 3.63) is 40.9 Å². The Balaban J connectivity index is 0.000000227. The summed E-state index contributed by atoms with van der Waals surface area (Å²) in [4.78, 5) is 29.9. The predicted molar refractivity (Wildman–Crippen MR) is 125 cm³/mol. The maximum atomic E-state index is 12.1. The summed E-state index contributed by atoms with van der Waals surface area (Å²) < 4.78 is 10.1. The van der Waals surface area contributed by atoms with Crippen LogP contribution in [0.5, 0.6) is 0 Å². The van der Waals surface area contributed by atoms with E-state index < -0.39 is 5.41 Å². The van der Waals surface area contributed by atoms with E-state index in [9.17, 15) is 9.59 Å². The summed E-state index contributed by atoms with van der Waals surface area (Å²) in [7, 11) is 1.88. The van der Waals surface area contributed by atoms with E-state index in [1.165, 1.54) is 0 Å². The van der Waals surface area contributed by atoms with Crippen molar-refractivity contribution in [3.63, 3.8) is 0 Å². The van der Waals surface area contributed by atoms with Crippen molar-refractivity contribution in [3.8, 4) is 0 Å². The Morgan fingerprint density at radius 2 is 1.88 bits per heavy atom. The second-order valence-electron chi connectivity index (χ2n) is 8.02. The van der Waals surface area contributed by atoms with E-state index in [1.54, 1.807) is 13.1 Å². The normalized spacial score (nSPS) is 19.2. The molecule has 1 fully saturated rings. The minimum absolute atomic E-state index is 0.104. The first-order valence-corrected chi connectivity index (χ1v) is 11.9. The average molecular weight is 466 g/mol. The number of esters is 2. The lowest BCUT2D eigenvalue weighted by Gasteiger charge is -2.25. The zero-order valence-corrected chi connectivity index (χ0v) is 20.4. The second-order valence-corrected chi connectivity index (χ2v) is 8.38. The quantitative estimate of drug-likeness (QED) is 0.448. The fraction of sp³-hybridized carbons (Fsp3) is 0.625. The van der Waals surface area contributed by atoms with Crippen LogP contribution in [0.2, 0.25) is 0 Å². The minimum Gasteiger partial charge on any atom is -0.465 e. The zero-order valence-electron chi connectivity index (χ0n) is 19.7. The number of unbranched alkanes of at least 4 members (excludes halogenated alkanes) is 1. The molecule has 1 N–H and O–H groups in total. The molecule has 8 heteroatoms. The Labute approximate surface area is 196 Å². The number of ether oxygens (including phenoxy) is 2. The molecule has 1 saturated carbocycles. The van der Waals surface area contributed by atoms with E-state index in [2.05, 4.69) is 17.2 Å². The van der Waals surface area contributed by atoms with Gasteiger partial charge in [0.15, 0.2) is 5.70 Å². The maximum Gasteiger partial charge on any atom is 0.357 e. The molecule has 0 radical (unpaired) electrons. The van der Waals surface area contributed by atoms with Gasteiger partial charge in [-0.1, -0.05) is 43.9 Å². The number of aromatic nitrogens is 1. The number of hydrogen-bond acceptors (Lipinski definition) is 7. The van der Waals surface area contributed by atoms with Gasteiger partial charge in [0.1, 0.15) is 10.6 Å². The fourth-order valence-corrected chi connectivity index (χ4v) is 4.35. The van der Waals surface area contributed by atoms with Crippen LogP contribution in [-0.2, 0) is 24.5 Å². The van der Waals surface area contributed by atoms with Crippen molar-refractivity contribution in [2.24, 2.45) is 0 Å². The lowest BCUT2D eigenvalue weighted by molar-refractivity contribution is -0.150. The highest BCUT2D eigenvalue weighted by molar-refractivity contribution is 6.31. The molecule has 1 atom stereocenters. The highest BCUT2D eigenvalue weighted by atomic mass is 35.5. The zero-order chi connectivity index (χ0) is 23.6. The molecule has 1 aliphatic heterocycles. The van der Waals surface area contributed by atoms with E-state index in [0.717, 1.165) is 50.6 Å². The second kappa shape index (κ2) is 12.7. The van der Waals surface area contributed by atoms with E-state index >= 15 is 0 Å². The van der Waals surface area contributed by atoms with Crippen molar-refractivity contribution in [1.82, 2.24) is 15.2 Å². The van der Waals surface area contributed by atoms with Gasteiger partial charge in [-0.3, -0.25) is 9.78 Å². The van der Waals surface area contributed by atoms with Gasteiger partial charge < -0.3 is 19.7 Å².